The lowest BCUT2D eigenvalue weighted by Crippen LogP contribution is -2.37. The molecule has 2 aliphatic carbocycles. The summed E-state index contributed by atoms with van der Waals surface area (Å²) in [7, 11) is 0. The second kappa shape index (κ2) is 10.7. The molecule has 0 bridgehead atoms. The van der Waals surface area contributed by atoms with Crippen molar-refractivity contribution in [3.63, 3.8) is 0 Å². The first-order chi connectivity index (χ1) is 17.5. The molecule has 5 rings (SSSR count). The van der Waals surface area contributed by atoms with Gasteiger partial charge in [0.25, 0.3) is 0 Å². The predicted octanol–water partition coefficient (Wildman–Crippen LogP) is 6.32. The van der Waals surface area contributed by atoms with E-state index < -0.39 is 5.92 Å². The Hall–Kier alpha value is -3.34. The predicted molar refractivity (Wildman–Crippen MR) is 140 cm³/mol. The minimum atomic E-state index is -0.447. The average molecular weight is 486 g/mol. The van der Waals surface area contributed by atoms with Gasteiger partial charge in [0.15, 0.2) is 5.78 Å². The van der Waals surface area contributed by atoms with Gasteiger partial charge in [0, 0.05) is 29.3 Å². The smallest absolute Gasteiger partial charge is 0.337 e. The molecule has 1 aliphatic heterocycles. The number of nitrogens with one attached hydrogen (secondary N) is 1. The van der Waals surface area contributed by atoms with Crippen LogP contribution in [-0.4, -0.2) is 24.5 Å². The Kier molecular flexibility index (Phi) is 7.26. The zero-order valence-corrected chi connectivity index (χ0v) is 21.2. The van der Waals surface area contributed by atoms with Crippen molar-refractivity contribution in [3.8, 4) is 5.75 Å². The minimum absolute atomic E-state index is 0.0487. The maximum absolute atomic E-state index is 13.7. The lowest BCUT2D eigenvalue weighted by Gasteiger charge is -2.37. The SMILES string of the molecule is CCOc1ccc([C@@H]2C(C(=O)OC3CCCCC3)=C(C)NC3=C2C(=O)C[C@H](c2ccccc2)C3)cc1. The summed E-state index contributed by atoms with van der Waals surface area (Å²) in [6.07, 6.45) is 6.31. The molecule has 2 aromatic rings. The minimum Gasteiger partial charge on any atom is -0.494 e. The van der Waals surface area contributed by atoms with E-state index in [9.17, 15) is 9.59 Å². The zero-order chi connectivity index (χ0) is 25.1. The van der Waals surface area contributed by atoms with Crippen molar-refractivity contribution in [1.29, 1.82) is 0 Å². The molecule has 188 valence electrons. The van der Waals surface area contributed by atoms with E-state index in [0.717, 1.165) is 54.8 Å². The highest BCUT2D eigenvalue weighted by Gasteiger charge is 2.41. The number of carbonyl (C=O) groups excluding carboxylic acids is 2. The van der Waals surface area contributed by atoms with E-state index in [1.165, 1.54) is 12.0 Å². The van der Waals surface area contributed by atoms with Crippen LogP contribution in [0.2, 0.25) is 0 Å². The van der Waals surface area contributed by atoms with Crippen molar-refractivity contribution in [2.75, 3.05) is 6.61 Å². The molecule has 0 spiro atoms. The summed E-state index contributed by atoms with van der Waals surface area (Å²) in [5.74, 6) is 0.226. The molecular formula is C31H35NO4. The number of benzene rings is 2. The van der Waals surface area contributed by atoms with Gasteiger partial charge in [-0.05, 0) is 75.1 Å². The molecule has 0 aromatic heterocycles. The maximum Gasteiger partial charge on any atom is 0.337 e. The fraction of sp³-hybridized carbons (Fsp3) is 0.419. The van der Waals surface area contributed by atoms with Gasteiger partial charge in [-0.25, -0.2) is 4.79 Å². The van der Waals surface area contributed by atoms with Crippen LogP contribution in [0.5, 0.6) is 5.75 Å². The van der Waals surface area contributed by atoms with Crippen molar-refractivity contribution in [2.45, 2.75) is 76.7 Å². The van der Waals surface area contributed by atoms with Crippen LogP contribution in [-0.2, 0) is 14.3 Å². The van der Waals surface area contributed by atoms with Crippen molar-refractivity contribution in [2.24, 2.45) is 0 Å². The lowest BCUT2D eigenvalue weighted by molar-refractivity contribution is -0.146. The number of allylic oxidation sites excluding steroid dienone is 3. The molecule has 36 heavy (non-hydrogen) atoms. The fourth-order valence-electron chi connectivity index (χ4n) is 5.92. The standard InChI is InChI=1S/C31H35NO4/c1-3-35-24-16-14-22(15-17-24)29-28(31(34)36-25-12-8-5-9-13-25)20(2)32-26-18-23(19-27(33)30(26)29)21-10-6-4-7-11-21/h4,6-7,10-11,14-17,23,25,29,32H,3,5,8-9,12-13,18-19H2,1-2H3/t23-,29-/m1/s1. The molecule has 1 fully saturated rings. The zero-order valence-electron chi connectivity index (χ0n) is 21.2. The molecule has 0 radical (unpaired) electrons. The van der Waals surface area contributed by atoms with Gasteiger partial charge in [-0.3, -0.25) is 4.79 Å². The summed E-state index contributed by atoms with van der Waals surface area (Å²) < 4.78 is 11.7. The molecule has 3 aliphatic rings. The second-order valence-corrected chi connectivity index (χ2v) is 10.1. The van der Waals surface area contributed by atoms with Gasteiger partial charge >= 0.3 is 5.97 Å². The van der Waals surface area contributed by atoms with E-state index in [-0.39, 0.29) is 23.8 Å². The van der Waals surface area contributed by atoms with Gasteiger partial charge < -0.3 is 14.8 Å². The molecule has 2 aromatic carbocycles. The van der Waals surface area contributed by atoms with E-state index >= 15 is 0 Å². The van der Waals surface area contributed by atoms with Crippen molar-refractivity contribution in [1.82, 2.24) is 5.32 Å². The molecule has 0 saturated heterocycles. The van der Waals surface area contributed by atoms with Crippen LogP contribution in [0.3, 0.4) is 0 Å². The van der Waals surface area contributed by atoms with E-state index in [1.807, 2.05) is 56.3 Å². The molecule has 5 heteroatoms. The molecule has 2 atom stereocenters. The Morgan fingerprint density at radius 2 is 1.67 bits per heavy atom. The highest BCUT2D eigenvalue weighted by molar-refractivity contribution is 6.04. The number of hydrogen-bond acceptors (Lipinski definition) is 5. The normalized spacial score (nSPS) is 22.7. The van der Waals surface area contributed by atoms with Gasteiger partial charge in [0.05, 0.1) is 12.2 Å². The number of Topliss-reactive ketones (excluding diaryl/α,β-unsaturated/α-hetero) is 1. The van der Waals surface area contributed by atoms with Gasteiger partial charge in [-0.1, -0.05) is 48.9 Å². The molecule has 5 nitrogen and oxygen atoms in total. The van der Waals surface area contributed by atoms with E-state index in [1.54, 1.807) is 0 Å². The average Bonchev–Trinajstić information content (AvgIpc) is 2.89. The molecular weight excluding hydrogens is 450 g/mol. The summed E-state index contributed by atoms with van der Waals surface area (Å²) in [5.41, 5.74) is 5.03. The molecule has 0 unspecified atom stereocenters. The summed E-state index contributed by atoms with van der Waals surface area (Å²) in [6, 6.07) is 18.0. The van der Waals surface area contributed by atoms with Crippen molar-refractivity contribution in [3.05, 3.63) is 88.3 Å². The third-order valence-corrected chi connectivity index (χ3v) is 7.67. The summed E-state index contributed by atoms with van der Waals surface area (Å²) in [5, 5.41) is 3.46. The summed E-state index contributed by atoms with van der Waals surface area (Å²) in [6.45, 7) is 4.46. The first-order valence-corrected chi connectivity index (χ1v) is 13.3. The van der Waals surface area contributed by atoms with E-state index in [4.69, 9.17) is 9.47 Å². The Morgan fingerprint density at radius 3 is 2.36 bits per heavy atom. The number of hydrogen-bond donors (Lipinski definition) is 1. The first kappa shape index (κ1) is 24.4. The van der Waals surface area contributed by atoms with Crippen LogP contribution in [0.25, 0.3) is 0 Å². The Bertz CT molecular complexity index is 1170. The Morgan fingerprint density at radius 1 is 0.944 bits per heavy atom. The maximum atomic E-state index is 13.7. The highest BCUT2D eigenvalue weighted by Crippen LogP contribution is 2.46. The monoisotopic (exact) mass is 485 g/mol. The summed E-state index contributed by atoms with van der Waals surface area (Å²) in [4.78, 5) is 27.4. The number of ketones is 1. The number of rotatable bonds is 6. The number of esters is 1. The Balaban J connectivity index is 1.52. The number of dihydropyridines is 1. The van der Waals surface area contributed by atoms with Crippen molar-refractivity contribution >= 4 is 11.8 Å². The third-order valence-electron chi connectivity index (χ3n) is 7.67. The second-order valence-electron chi connectivity index (χ2n) is 10.1. The van der Waals surface area contributed by atoms with Gasteiger partial charge in [0.2, 0.25) is 0 Å². The van der Waals surface area contributed by atoms with E-state index in [2.05, 4.69) is 17.4 Å². The van der Waals surface area contributed by atoms with Gasteiger partial charge in [-0.15, -0.1) is 0 Å². The topological polar surface area (TPSA) is 64.6 Å². The van der Waals surface area contributed by atoms with Gasteiger partial charge in [0.1, 0.15) is 11.9 Å². The van der Waals surface area contributed by atoms with E-state index in [0.29, 0.717) is 24.2 Å². The largest absolute Gasteiger partial charge is 0.494 e. The molecule has 1 N–H and O–H groups in total. The lowest BCUT2D eigenvalue weighted by atomic mass is 9.71. The number of carbonyl (C=O) groups is 2. The van der Waals surface area contributed by atoms with Crippen LogP contribution in [0.4, 0.5) is 0 Å². The van der Waals surface area contributed by atoms with Gasteiger partial charge in [-0.2, -0.15) is 0 Å². The van der Waals surface area contributed by atoms with Crippen molar-refractivity contribution < 1.29 is 19.1 Å². The molecule has 1 saturated carbocycles. The highest BCUT2D eigenvalue weighted by atomic mass is 16.5. The number of ether oxygens (including phenoxy) is 2. The van der Waals surface area contributed by atoms with Crippen LogP contribution < -0.4 is 10.1 Å². The van der Waals surface area contributed by atoms with Crippen LogP contribution in [0.15, 0.2) is 77.1 Å². The first-order valence-electron chi connectivity index (χ1n) is 13.3. The Labute approximate surface area is 213 Å². The fourth-order valence-corrected chi connectivity index (χ4v) is 5.92. The van der Waals surface area contributed by atoms with Crippen LogP contribution in [0.1, 0.15) is 81.8 Å². The summed E-state index contributed by atoms with van der Waals surface area (Å²) >= 11 is 0. The third kappa shape index (κ3) is 4.97. The molecule has 1 heterocycles. The quantitative estimate of drug-likeness (QED) is 0.485. The van der Waals surface area contributed by atoms with Crippen LogP contribution in [0, 0.1) is 0 Å². The molecule has 0 amide bonds. The van der Waals surface area contributed by atoms with Crippen LogP contribution >= 0.6 is 0 Å².